The Labute approximate surface area is 81.7 Å². The van der Waals surface area contributed by atoms with E-state index in [1.807, 2.05) is 18.2 Å². The maximum atomic E-state index is 11.3. The van der Waals surface area contributed by atoms with E-state index in [-0.39, 0.29) is 5.78 Å². The van der Waals surface area contributed by atoms with Crippen LogP contribution in [0.3, 0.4) is 0 Å². The molecule has 0 heterocycles. The molecule has 0 spiro atoms. The molecule has 0 radical (unpaired) electrons. The van der Waals surface area contributed by atoms with Crippen molar-refractivity contribution in [3.8, 4) is 0 Å². The van der Waals surface area contributed by atoms with Crippen LogP contribution in [0.15, 0.2) is 30.3 Å². The topological polar surface area (TPSA) is 62.7 Å². The number of nitrogens with zero attached hydrogens (tertiary/aromatic N) is 2. The van der Waals surface area contributed by atoms with Gasteiger partial charge in [0.1, 0.15) is 0 Å². The minimum Gasteiger partial charge on any atom is -0.368 e. The highest BCUT2D eigenvalue weighted by molar-refractivity contribution is 6.27. The lowest BCUT2D eigenvalue weighted by Gasteiger charge is -2.09. The lowest BCUT2D eigenvalue weighted by atomic mass is 10.1. The van der Waals surface area contributed by atoms with Gasteiger partial charge in [0.2, 0.25) is 0 Å². The van der Waals surface area contributed by atoms with Crippen LogP contribution in [-0.2, 0) is 9.53 Å². The monoisotopic (exact) mass is 190 g/mol. The SMILES string of the molecule is COC(C(=O)C=[N+]=[N-])c1ccccc1. The van der Waals surface area contributed by atoms with E-state index in [2.05, 4.69) is 4.79 Å². The molecule has 0 fully saturated rings. The molecule has 0 N–H and O–H groups in total. The molecular formula is C10H10N2O2. The molecule has 0 saturated carbocycles. The number of hydrogen-bond acceptors (Lipinski definition) is 2. The predicted molar refractivity (Wildman–Crippen MR) is 50.9 cm³/mol. The Kier molecular flexibility index (Phi) is 3.73. The van der Waals surface area contributed by atoms with Gasteiger partial charge in [0.15, 0.2) is 6.10 Å². The fourth-order valence-corrected chi connectivity index (χ4v) is 1.17. The molecule has 72 valence electrons. The van der Waals surface area contributed by atoms with Gasteiger partial charge in [-0.2, -0.15) is 4.79 Å². The number of rotatable bonds is 4. The quantitative estimate of drug-likeness (QED) is 0.407. The third-order valence-corrected chi connectivity index (χ3v) is 1.78. The number of carbonyl (C=O) groups excluding carboxylic acids is 1. The van der Waals surface area contributed by atoms with Crippen LogP contribution in [0, 0.1) is 0 Å². The summed E-state index contributed by atoms with van der Waals surface area (Å²) >= 11 is 0. The minimum atomic E-state index is -0.702. The predicted octanol–water partition coefficient (Wildman–Crippen LogP) is 1.24. The van der Waals surface area contributed by atoms with Crippen molar-refractivity contribution in [2.45, 2.75) is 6.10 Å². The number of ether oxygens (including phenoxy) is 1. The summed E-state index contributed by atoms with van der Waals surface area (Å²) in [6, 6.07) is 9.02. The largest absolute Gasteiger partial charge is 0.368 e. The van der Waals surface area contributed by atoms with E-state index in [1.165, 1.54) is 7.11 Å². The highest BCUT2D eigenvalue weighted by atomic mass is 16.5. The van der Waals surface area contributed by atoms with Gasteiger partial charge < -0.3 is 10.3 Å². The van der Waals surface area contributed by atoms with Gasteiger partial charge in [0, 0.05) is 7.11 Å². The lowest BCUT2D eigenvalue weighted by Crippen LogP contribution is -2.15. The molecule has 0 amide bonds. The zero-order valence-corrected chi connectivity index (χ0v) is 7.75. The fraction of sp³-hybridized carbons (Fsp3) is 0.200. The first kappa shape index (κ1) is 10.3. The Hall–Kier alpha value is -1.77. The summed E-state index contributed by atoms with van der Waals surface area (Å²) in [7, 11) is 1.43. The third kappa shape index (κ3) is 2.36. The van der Waals surface area contributed by atoms with Gasteiger partial charge in [-0.15, -0.1) is 0 Å². The van der Waals surface area contributed by atoms with Crippen LogP contribution >= 0.6 is 0 Å². The van der Waals surface area contributed by atoms with Crippen molar-refractivity contribution in [2.24, 2.45) is 0 Å². The van der Waals surface area contributed by atoms with Gasteiger partial charge in [-0.3, -0.25) is 4.79 Å². The summed E-state index contributed by atoms with van der Waals surface area (Å²) in [5.74, 6) is -0.388. The fourth-order valence-electron chi connectivity index (χ4n) is 1.17. The molecule has 1 unspecified atom stereocenters. The normalized spacial score (nSPS) is 11.5. The van der Waals surface area contributed by atoms with Crippen molar-refractivity contribution >= 4 is 12.0 Å². The summed E-state index contributed by atoms with van der Waals surface area (Å²) in [6.45, 7) is 0. The summed E-state index contributed by atoms with van der Waals surface area (Å²) in [5, 5.41) is 0. The molecule has 0 aliphatic heterocycles. The van der Waals surface area contributed by atoms with Crippen molar-refractivity contribution < 1.29 is 14.3 Å². The number of carbonyl (C=O) groups is 1. The van der Waals surface area contributed by atoms with Gasteiger partial charge in [-0.25, -0.2) is 0 Å². The van der Waals surface area contributed by atoms with Gasteiger partial charge in [-0.05, 0) is 5.56 Å². The molecule has 4 heteroatoms. The van der Waals surface area contributed by atoms with E-state index < -0.39 is 6.10 Å². The Morgan fingerprint density at radius 3 is 2.64 bits per heavy atom. The number of Topliss-reactive ketones (excluding diaryl/α,β-unsaturated/α-hetero) is 1. The number of methoxy groups -OCH3 is 1. The summed E-state index contributed by atoms with van der Waals surface area (Å²) in [5.41, 5.74) is 8.96. The maximum Gasteiger partial charge on any atom is 0.326 e. The third-order valence-electron chi connectivity index (χ3n) is 1.78. The molecule has 14 heavy (non-hydrogen) atoms. The summed E-state index contributed by atoms with van der Waals surface area (Å²) in [4.78, 5) is 14.0. The second-order valence-electron chi connectivity index (χ2n) is 2.67. The van der Waals surface area contributed by atoms with Gasteiger partial charge >= 0.3 is 6.21 Å². The second-order valence-corrected chi connectivity index (χ2v) is 2.67. The Morgan fingerprint density at radius 2 is 2.14 bits per heavy atom. The molecule has 1 rings (SSSR count). The smallest absolute Gasteiger partial charge is 0.326 e. The summed E-state index contributed by atoms with van der Waals surface area (Å²) in [6.07, 6.45) is 0.133. The van der Waals surface area contributed by atoms with E-state index in [9.17, 15) is 4.79 Å². The van der Waals surface area contributed by atoms with E-state index in [4.69, 9.17) is 10.3 Å². The van der Waals surface area contributed by atoms with E-state index in [0.717, 1.165) is 11.8 Å². The zero-order valence-electron chi connectivity index (χ0n) is 7.75. The van der Waals surface area contributed by atoms with E-state index in [0.29, 0.717) is 0 Å². The lowest BCUT2D eigenvalue weighted by molar-refractivity contribution is -0.125. The maximum absolute atomic E-state index is 11.3. The molecule has 1 aromatic carbocycles. The van der Waals surface area contributed by atoms with Crippen molar-refractivity contribution in [3.05, 3.63) is 41.4 Å². The zero-order chi connectivity index (χ0) is 10.4. The highest BCUT2D eigenvalue weighted by Gasteiger charge is 2.20. The first-order chi connectivity index (χ1) is 6.79. The molecule has 4 nitrogen and oxygen atoms in total. The van der Waals surface area contributed by atoms with Crippen molar-refractivity contribution in [1.82, 2.24) is 0 Å². The van der Waals surface area contributed by atoms with Crippen molar-refractivity contribution in [1.29, 1.82) is 0 Å². The Balaban J connectivity index is 2.93. The molecule has 1 aromatic rings. The highest BCUT2D eigenvalue weighted by Crippen LogP contribution is 2.15. The van der Waals surface area contributed by atoms with Crippen LogP contribution < -0.4 is 0 Å². The molecule has 0 aliphatic carbocycles. The number of hydrogen-bond donors (Lipinski definition) is 0. The first-order valence-electron chi connectivity index (χ1n) is 4.08. The van der Waals surface area contributed by atoms with Crippen LogP contribution in [0.2, 0.25) is 0 Å². The molecule has 0 aromatic heterocycles. The molecule has 1 atom stereocenters. The number of benzene rings is 1. The van der Waals surface area contributed by atoms with E-state index >= 15 is 0 Å². The van der Waals surface area contributed by atoms with Crippen LogP contribution in [0.4, 0.5) is 0 Å². The van der Waals surface area contributed by atoms with Gasteiger partial charge in [-0.1, -0.05) is 30.3 Å². The van der Waals surface area contributed by atoms with Gasteiger partial charge in [0.05, 0.1) is 0 Å². The average Bonchev–Trinajstić information content (AvgIpc) is 2.21. The summed E-state index contributed by atoms with van der Waals surface area (Å²) < 4.78 is 5.00. The molecule has 0 saturated heterocycles. The van der Waals surface area contributed by atoms with Crippen LogP contribution in [-0.4, -0.2) is 23.9 Å². The number of ketones is 1. The molecule has 0 bridgehead atoms. The van der Waals surface area contributed by atoms with Crippen LogP contribution in [0.25, 0.3) is 5.53 Å². The standard InChI is InChI=1S/C10H10N2O2/c1-14-10(9(13)7-12-11)8-5-3-2-4-6-8/h2-7,10H,1H3. The van der Waals surface area contributed by atoms with Crippen molar-refractivity contribution in [3.63, 3.8) is 0 Å². The van der Waals surface area contributed by atoms with Crippen molar-refractivity contribution in [2.75, 3.05) is 7.11 Å². The van der Waals surface area contributed by atoms with E-state index in [1.54, 1.807) is 12.1 Å². The first-order valence-corrected chi connectivity index (χ1v) is 4.08. The second kappa shape index (κ2) is 5.07. The van der Waals surface area contributed by atoms with Crippen LogP contribution in [0.5, 0.6) is 0 Å². The van der Waals surface area contributed by atoms with Gasteiger partial charge in [0.25, 0.3) is 5.78 Å². The molecular weight excluding hydrogens is 180 g/mol. The Bertz CT molecular complexity index is 356. The van der Waals surface area contributed by atoms with Crippen LogP contribution in [0.1, 0.15) is 11.7 Å². The average molecular weight is 190 g/mol. The Morgan fingerprint density at radius 1 is 1.50 bits per heavy atom. The molecule has 0 aliphatic rings. The minimum absolute atomic E-state index is 0.388.